The maximum Gasteiger partial charge on any atom is 0.354 e. The first-order valence-corrected chi connectivity index (χ1v) is 12.1. The maximum absolute atomic E-state index is 13.0. The number of aromatic nitrogens is 3. The second-order valence-electron chi connectivity index (χ2n) is 8.71. The zero-order valence-electron chi connectivity index (χ0n) is 16.6. The van der Waals surface area contributed by atoms with Gasteiger partial charge in [-0.25, -0.2) is 14.1 Å². The lowest BCUT2D eigenvalue weighted by atomic mass is 10.0. The molecule has 0 radical (unpaired) electrons. The molecule has 10 heteroatoms. The lowest BCUT2D eigenvalue weighted by molar-refractivity contribution is 0.0799. The Morgan fingerprint density at radius 2 is 2.13 bits per heavy atom. The molecular weight excluding hydrogens is 404 g/mol. The predicted molar refractivity (Wildman–Crippen MR) is 109 cm³/mol. The van der Waals surface area contributed by atoms with E-state index < -0.39 is 15.9 Å². The summed E-state index contributed by atoms with van der Waals surface area (Å²) in [6.07, 6.45) is 7.22. The van der Waals surface area contributed by atoms with Gasteiger partial charge in [0, 0.05) is 17.2 Å². The SMILES string of the molecule is NS(=O)(=NC(=O)Nc1c2c(nc3c1CCC31CC1)CCC2)c1cc2n(n1)CCOC2. The van der Waals surface area contributed by atoms with Crippen LogP contribution in [0.15, 0.2) is 15.5 Å². The number of nitrogens with one attached hydrogen (secondary N) is 1. The van der Waals surface area contributed by atoms with Crippen LogP contribution < -0.4 is 10.5 Å². The third-order valence-electron chi connectivity index (χ3n) is 6.82. The highest BCUT2D eigenvalue weighted by Gasteiger charge is 2.51. The number of carbonyl (C=O) groups excluding carboxylic acids is 1. The van der Waals surface area contributed by atoms with Crippen molar-refractivity contribution in [2.75, 3.05) is 11.9 Å². The van der Waals surface area contributed by atoms with Gasteiger partial charge in [-0.05, 0) is 56.1 Å². The number of hydrogen-bond acceptors (Lipinski definition) is 5. The molecule has 1 aliphatic heterocycles. The van der Waals surface area contributed by atoms with Crippen molar-refractivity contribution in [3.8, 4) is 0 Å². The van der Waals surface area contributed by atoms with Crippen LogP contribution in [0.5, 0.6) is 0 Å². The molecule has 2 amide bonds. The highest BCUT2D eigenvalue weighted by Crippen LogP contribution is 2.58. The first-order valence-electron chi connectivity index (χ1n) is 10.5. The number of ether oxygens (including phenoxy) is 1. The highest BCUT2D eigenvalue weighted by molar-refractivity contribution is 7.91. The van der Waals surface area contributed by atoms with Gasteiger partial charge in [0.05, 0.1) is 36.8 Å². The third-order valence-corrected chi connectivity index (χ3v) is 8.06. The van der Waals surface area contributed by atoms with E-state index in [0.29, 0.717) is 19.8 Å². The normalized spacial score (nSPS) is 22.2. The molecule has 1 atom stereocenters. The van der Waals surface area contributed by atoms with Crippen LogP contribution in [0.25, 0.3) is 0 Å². The number of nitrogens with two attached hydrogens (primary N) is 1. The lowest BCUT2D eigenvalue weighted by Gasteiger charge is -2.16. The van der Waals surface area contributed by atoms with Crippen molar-refractivity contribution in [1.82, 2.24) is 14.8 Å². The molecule has 3 aliphatic carbocycles. The van der Waals surface area contributed by atoms with Gasteiger partial charge in [-0.15, -0.1) is 4.36 Å². The third kappa shape index (κ3) is 2.81. The predicted octanol–water partition coefficient (Wildman–Crippen LogP) is 2.21. The van der Waals surface area contributed by atoms with Crippen molar-refractivity contribution in [3.63, 3.8) is 0 Å². The molecule has 1 fully saturated rings. The fourth-order valence-corrected chi connectivity index (χ4v) is 5.99. The first kappa shape index (κ1) is 18.5. The molecule has 1 spiro atoms. The number of nitrogens with zero attached hydrogens (tertiary/aromatic N) is 4. The molecule has 2 aromatic heterocycles. The molecule has 0 aromatic carbocycles. The van der Waals surface area contributed by atoms with Gasteiger partial charge in [0.25, 0.3) is 0 Å². The summed E-state index contributed by atoms with van der Waals surface area (Å²) in [4.78, 5) is 17.8. The fraction of sp³-hybridized carbons (Fsp3) is 0.550. The van der Waals surface area contributed by atoms with Gasteiger partial charge >= 0.3 is 6.03 Å². The van der Waals surface area contributed by atoms with E-state index in [1.54, 1.807) is 10.7 Å². The average molecular weight is 429 g/mol. The first-order chi connectivity index (χ1) is 14.5. The second-order valence-corrected chi connectivity index (χ2v) is 10.5. The number of fused-ring (bicyclic) bond motifs is 4. The van der Waals surface area contributed by atoms with Crippen LogP contribution in [-0.2, 0) is 52.5 Å². The van der Waals surface area contributed by atoms with Crippen LogP contribution >= 0.6 is 0 Å². The zero-order valence-corrected chi connectivity index (χ0v) is 17.5. The van der Waals surface area contributed by atoms with Gasteiger partial charge < -0.3 is 10.1 Å². The molecule has 3 heterocycles. The summed E-state index contributed by atoms with van der Waals surface area (Å²) in [5.74, 6) is 0. The Balaban J connectivity index is 1.34. The zero-order chi connectivity index (χ0) is 20.5. The molecule has 1 saturated carbocycles. The standard InChI is InChI=1S/C20H24N6O3S/c21-30(28,16-10-12-11-29-9-8-26(12)24-16)25-19(27)23-17-13-2-1-3-15(13)22-18-14(17)4-5-20(18)6-7-20/h10H,1-9,11H2,(H3,21,22,23,25,27,28). The Bertz CT molecular complexity index is 1180. The van der Waals surface area contributed by atoms with Crippen molar-refractivity contribution in [2.45, 2.75) is 68.5 Å². The second kappa shape index (κ2) is 6.35. The van der Waals surface area contributed by atoms with Crippen LogP contribution in [0, 0.1) is 0 Å². The maximum atomic E-state index is 13.0. The summed E-state index contributed by atoms with van der Waals surface area (Å²) < 4.78 is 23.9. The average Bonchev–Trinajstić information content (AvgIpc) is 3.07. The summed E-state index contributed by atoms with van der Waals surface area (Å²) >= 11 is 0. The number of amides is 2. The van der Waals surface area contributed by atoms with Crippen LogP contribution in [0.3, 0.4) is 0 Å². The van der Waals surface area contributed by atoms with Gasteiger partial charge in [0.15, 0.2) is 14.9 Å². The van der Waals surface area contributed by atoms with Crippen LogP contribution in [0.4, 0.5) is 10.5 Å². The number of urea groups is 1. The van der Waals surface area contributed by atoms with E-state index >= 15 is 0 Å². The summed E-state index contributed by atoms with van der Waals surface area (Å²) in [5.41, 5.74) is 6.33. The molecule has 3 N–H and O–H groups in total. The van der Waals surface area contributed by atoms with Gasteiger partial charge in [0.2, 0.25) is 0 Å². The summed E-state index contributed by atoms with van der Waals surface area (Å²) in [6.45, 7) is 1.48. The van der Waals surface area contributed by atoms with E-state index in [2.05, 4.69) is 14.8 Å². The smallest absolute Gasteiger partial charge is 0.354 e. The lowest BCUT2D eigenvalue weighted by Crippen LogP contribution is -2.20. The topological polar surface area (TPSA) is 124 Å². The number of anilines is 1. The van der Waals surface area contributed by atoms with Gasteiger partial charge in [-0.2, -0.15) is 5.10 Å². The summed E-state index contributed by atoms with van der Waals surface area (Å²) in [5, 5.41) is 13.3. The Labute approximate surface area is 174 Å². The Morgan fingerprint density at radius 3 is 2.93 bits per heavy atom. The van der Waals surface area contributed by atoms with Crippen molar-refractivity contribution in [3.05, 3.63) is 34.3 Å². The molecule has 0 bridgehead atoms. The largest absolute Gasteiger partial charge is 0.373 e. The van der Waals surface area contributed by atoms with Gasteiger partial charge in [0.1, 0.15) is 0 Å². The minimum absolute atomic E-state index is 0.111. The van der Waals surface area contributed by atoms with E-state index in [-0.39, 0.29) is 10.4 Å². The number of rotatable bonds is 2. The minimum Gasteiger partial charge on any atom is -0.373 e. The van der Waals surface area contributed by atoms with Gasteiger partial charge in [-0.3, -0.25) is 9.67 Å². The molecule has 158 valence electrons. The minimum atomic E-state index is -3.45. The Hall–Kier alpha value is -2.30. The molecule has 4 aliphatic rings. The molecule has 30 heavy (non-hydrogen) atoms. The number of aryl methyl sites for hydroxylation is 1. The Kier molecular flexibility index (Phi) is 3.91. The van der Waals surface area contributed by atoms with E-state index in [0.717, 1.165) is 66.0 Å². The molecule has 1 unspecified atom stereocenters. The summed E-state index contributed by atoms with van der Waals surface area (Å²) in [7, 11) is -3.45. The van der Waals surface area contributed by atoms with Crippen molar-refractivity contribution < 1.29 is 13.7 Å². The highest BCUT2D eigenvalue weighted by atomic mass is 32.2. The fourth-order valence-electron chi connectivity index (χ4n) is 5.09. The number of pyridine rings is 1. The quantitative estimate of drug-likeness (QED) is 0.759. The van der Waals surface area contributed by atoms with Gasteiger partial charge in [-0.1, -0.05) is 0 Å². The number of carbonyl (C=O) groups is 1. The Morgan fingerprint density at radius 1 is 1.27 bits per heavy atom. The molecule has 9 nitrogen and oxygen atoms in total. The molecule has 0 saturated heterocycles. The summed E-state index contributed by atoms with van der Waals surface area (Å²) in [6, 6.07) is 0.917. The molecule has 6 rings (SSSR count). The molecule has 2 aromatic rings. The number of hydrogen-bond donors (Lipinski definition) is 2. The molecular formula is C20H24N6O3S. The van der Waals surface area contributed by atoms with E-state index in [9.17, 15) is 9.00 Å². The van der Waals surface area contributed by atoms with Crippen LogP contribution in [-0.4, -0.2) is 31.6 Å². The van der Waals surface area contributed by atoms with E-state index in [1.165, 1.54) is 12.8 Å². The van der Waals surface area contributed by atoms with Crippen LogP contribution in [0.2, 0.25) is 0 Å². The monoisotopic (exact) mass is 428 g/mol. The van der Waals surface area contributed by atoms with Crippen LogP contribution in [0.1, 0.15) is 53.9 Å². The van der Waals surface area contributed by atoms with Crippen molar-refractivity contribution in [1.29, 1.82) is 0 Å². The van der Waals surface area contributed by atoms with E-state index in [4.69, 9.17) is 14.9 Å². The van der Waals surface area contributed by atoms with E-state index in [1.807, 2.05) is 0 Å². The van der Waals surface area contributed by atoms with Crippen molar-refractivity contribution >= 4 is 21.6 Å². The van der Waals surface area contributed by atoms with Crippen molar-refractivity contribution in [2.24, 2.45) is 9.50 Å².